The lowest BCUT2D eigenvalue weighted by Gasteiger charge is -2.34. The molecule has 1 unspecified atom stereocenters. The average Bonchev–Trinajstić information content (AvgIpc) is 3.17. The molecule has 27 heavy (non-hydrogen) atoms. The fraction of sp³-hybridized carbons (Fsp3) is 0.650. The van der Waals surface area contributed by atoms with Crippen molar-refractivity contribution in [2.75, 3.05) is 32.5 Å². The Labute approximate surface area is 162 Å². The van der Waals surface area contributed by atoms with Gasteiger partial charge in [-0.15, -0.1) is 0 Å². The summed E-state index contributed by atoms with van der Waals surface area (Å²) in [5.74, 6) is 1.36. The Kier molecular flexibility index (Phi) is 6.42. The van der Waals surface area contributed by atoms with Gasteiger partial charge in [0.25, 0.3) is 0 Å². The first kappa shape index (κ1) is 20.1. The number of aryl methyl sites for hydroxylation is 1. The summed E-state index contributed by atoms with van der Waals surface area (Å²) in [6, 6.07) is 6.94. The van der Waals surface area contributed by atoms with Crippen molar-refractivity contribution >= 4 is 15.9 Å². The molecule has 0 bridgehead atoms. The van der Waals surface area contributed by atoms with Gasteiger partial charge < -0.3 is 9.64 Å². The van der Waals surface area contributed by atoms with Gasteiger partial charge in [-0.3, -0.25) is 4.79 Å². The predicted octanol–water partition coefficient (Wildman–Crippen LogP) is 2.29. The molecule has 2 aliphatic rings. The van der Waals surface area contributed by atoms with Crippen molar-refractivity contribution in [3.8, 4) is 5.75 Å². The van der Waals surface area contributed by atoms with Crippen LogP contribution in [-0.2, 0) is 21.2 Å². The maximum Gasteiger partial charge on any atom is 0.241 e. The van der Waals surface area contributed by atoms with Gasteiger partial charge in [-0.2, -0.15) is 4.31 Å². The number of amides is 1. The molecule has 2 aliphatic heterocycles. The van der Waals surface area contributed by atoms with Gasteiger partial charge >= 0.3 is 0 Å². The highest BCUT2D eigenvalue weighted by Crippen LogP contribution is 2.26. The molecule has 2 saturated heterocycles. The van der Waals surface area contributed by atoms with Crippen LogP contribution in [0.1, 0.15) is 38.2 Å². The second-order valence-electron chi connectivity index (χ2n) is 7.69. The summed E-state index contributed by atoms with van der Waals surface area (Å²) in [5, 5.41) is 0. The number of sulfonamides is 1. The highest BCUT2D eigenvalue weighted by molar-refractivity contribution is 7.89. The molecule has 6 nitrogen and oxygen atoms in total. The number of piperidine rings is 1. The number of carbonyl (C=O) groups excluding carboxylic acids is 1. The van der Waals surface area contributed by atoms with E-state index < -0.39 is 16.1 Å². The van der Waals surface area contributed by atoms with E-state index in [9.17, 15) is 13.2 Å². The van der Waals surface area contributed by atoms with E-state index in [1.807, 2.05) is 29.2 Å². The standard InChI is InChI=1S/C20H30N2O4S/c1-16-8-12-21(13-9-16)20(23)19-7-4-11-22(19)27(24,25)14-10-17-5-3-6-18(15-17)26-2/h3,5-6,15-16,19H,4,7-14H2,1-2H3. The maximum atomic E-state index is 12.9. The van der Waals surface area contributed by atoms with Crippen molar-refractivity contribution in [1.29, 1.82) is 0 Å². The normalized spacial score (nSPS) is 22.1. The Morgan fingerprint density at radius 1 is 1.19 bits per heavy atom. The third kappa shape index (κ3) is 4.82. The Bertz CT molecular complexity index is 757. The van der Waals surface area contributed by atoms with E-state index in [1.165, 1.54) is 4.31 Å². The molecule has 1 aromatic rings. The number of ether oxygens (including phenoxy) is 1. The SMILES string of the molecule is COc1cccc(CCS(=O)(=O)N2CCCC2C(=O)N2CCC(C)CC2)c1. The summed E-state index contributed by atoms with van der Waals surface area (Å²) in [7, 11) is -1.88. The second-order valence-corrected chi connectivity index (χ2v) is 9.74. The minimum atomic E-state index is -3.48. The van der Waals surface area contributed by atoms with Crippen LogP contribution in [0.5, 0.6) is 5.75 Å². The molecule has 7 heteroatoms. The van der Waals surface area contributed by atoms with Crippen LogP contribution in [0.25, 0.3) is 0 Å². The van der Waals surface area contributed by atoms with Crippen LogP contribution in [0.15, 0.2) is 24.3 Å². The molecule has 0 saturated carbocycles. The van der Waals surface area contributed by atoms with E-state index in [-0.39, 0.29) is 11.7 Å². The Morgan fingerprint density at radius 3 is 2.63 bits per heavy atom. The van der Waals surface area contributed by atoms with Crippen LogP contribution in [-0.4, -0.2) is 62.1 Å². The summed E-state index contributed by atoms with van der Waals surface area (Å²) < 4.78 is 32.5. The Morgan fingerprint density at radius 2 is 1.93 bits per heavy atom. The molecular weight excluding hydrogens is 364 g/mol. The van der Waals surface area contributed by atoms with Crippen molar-refractivity contribution in [2.24, 2.45) is 5.92 Å². The van der Waals surface area contributed by atoms with Crippen molar-refractivity contribution < 1.29 is 17.9 Å². The summed E-state index contributed by atoms with van der Waals surface area (Å²) in [6.45, 7) is 4.14. The third-order valence-corrected chi connectivity index (χ3v) is 7.60. The van der Waals surface area contributed by atoms with E-state index >= 15 is 0 Å². The Balaban J connectivity index is 1.64. The molecule has 0 spiro atoms. The monoisotopic (exact) mass is 394 g/mol. The van der Waals surface area contributed by atoms with Gasteiger partial charge in [-0.1, -0.05) is 19.1 Å². The lowest BCUT2D eigenvalue weighted by molar-refractivity contribution is -0.135. The van der Waals surface area contributed by atoms with Gasteiger partial charge in [0.05, 0.1) is 12.9 Å². The van der Waals surface area contributed by atoms with E-state index in [1.54, 1.807) is 7.11 Å². The van der Waals surface area contributed by atoms with E-state index in [0.29, 0.717) is 25.3 Å². The molecule has 2 heterocycles. The van der Waals surface area contributed by atoms with Crippen LogP contribution >= 0.6 is 0 Å². The first-order valence-electron chi connectivity index (χ1n) is 9.82. The minimum Gasteiger partial charge on any atom is -0.497 e. The minimum absolute atomic E-state index is 0.00986. The number of methoxy groups -OCH3 is 1. The first-order chi connectivity index (χ1) is 12.9. The third-order valence-electron chi connectivity index (χ3n) is 5.72. The number of likely N-dealkylation sites (tertiary alicyclic amines) is 1. The molecule has 2 fully saturated rings. The average molecular weight is 395 g/mol. The lowest BCUT2D eigenvalue weighted by atomic mass is 9.98. The highest BCUT2D eigenvalue weighted by atomic mass is 32.2. The van der Waals surface area contributed by atoms with Gasteiger partial charge in [-0.25, -0.2) is 8.42 Å². The molecule has 0 aliphatic carbocycles. The van der Waals surface area contributed by atoms with E-state index in [4.69, 9.17) is 4.74 Å². The Hall–Kier alpha value is -1.60. The van der Waals surface area contributed by atoms with Crippen LogP contribution < -0.4 is 4.74 Å². The smallest absolute Gasteiger partial charge is 0.241 e. The van der Waals surface area contributed by atoms with Crippen molar-refractivity contribution in [3.05, 3.63) is 29.8 Å². The largest absolute Gasteiger partial charge is 0.497 e. The topological polar surface area (TPSA) is 66.9 Å². The van der Waals surface area contributed by atoms with Crippen molar-refractivity contribution in [1.82, 2.24) is 9.21 Å². The zero-order chi connectivity index (χ0) is 19.4. The molecule has 150 valence electrons. The van der Waals surface area contributed by atoms with Gasteiger partial charge in [0.15, 0.2) is 0 Å². The van der Waals surface area contributed by atoms with Crippen molar-refractivity contribution in [3.63, 3.8) is 0 Å². The zero-order valence-corrected chi connectivity index (χ0v) is 17.1. The number of carbonyl (C=O) groups is 1. The van der Waals surface area contributed by atoms with Gasteiger partial charge in [0.1, 0.15) is 11.8 Å². The van der Waals surface area contributed by atoms with Gasteiger partial charge in [0, 0.05) is 19.6 Å². The molecule has 3 rings (SSSR count). The fourth-order valence-electron chi connectivity index (χ4n) is 3.95. The summed E-state index contributed by atoms with van der Waals surface area (Å²) in [5.41, 5.74) is 0.921. The molecule has 1 amide bonds. The summed E-state index contributed by atoms with van der Waals surface area (Å²) in [6.07, 6.45) is 3.79. The summed E-state index contributed by atoms with van der Waals surface area (Å²) >= 11 is 0. The van der Waals surface area contributed by atoms with E-state index in [0.717, 1.165) is 43.7 Å². The first-order valence-corrected chi connectivity index (χ1v) is 11.4. The second kappa shape index (κ2) is 8.61. The zero-order valence-electron chi connectivity index (χ0n) is 16.3. The fourth-order valence-corrected chi connectivity index (χ4v) is 5.67. The van der Waals surface area contributed by atoms with Crippen LogP contribution in [0.4, 0.5) is 0 Å². The maximum absolute atomic E-state index is 12.9. The molecular formula is C20H30N2O4S. The van der Waals surface area contributed by atoms with Crippen LogP contribution in [0.3, 0.4) is 0 Å². The van der Waals surface area contributed by atoms with Crippen LogP contribution in [0.2, 0.25) is 0 Å². The van der Waals surface area contributed by atoms with Crippen molar-refractivity contribution in [2.45, 2.75) is 45.1 Å². The molecule has 1 atom stereocenters. The molecule has 0 radical (unpaired) electrons. The number of rotatable bonds is 6. The number of hydrogen-bond donors (Lipinski definition) is 0. The van der Waals surface area contributed by atoms with Crippen LogP contribution in [0, 0.1) is 5.92 Å². The molecule has 0 aromatic heterocycles. The molecule has 1 aromatic carbocycles. The highest BCUT2D eigenvalue weighted by Gasteiger charge is 2.40. The molecule has 0 N–H and O–H groups in total. The number of benzene rings is 1. The number of hydrogen-bond acceptors (Lipinski definition) is 4. The summed E-state index contributed by atoms with van der Waals surface area (Å²) in [4.78, 5) is 14.8. The predicted molar refractivity (Wildman–Crippen MR) is 105 cm³/mol. The van der Waals surface area contributed by atoms with Gasteiger partial charge in [0.2, 0.25) is 15.9 Å². The van der Waals surface area contributed by atoms with E-state index in [2.05, 4.69) is 6.92 Å². The number of nitrogens with zero attached hydrogens (tertiary/aromatic N) is 2. The van der Waals surface area contributed by atoms with Gasteiger partial charge in [-0.05, 0) is 55.7 Å². The quantitative estimate of drug-likeness (QED) is 0.742. The lowest BCUT2D eigenvalue weighted by Crippen LogP contribution is -2.50.